The van der Waals surface area contributed by atoms with E-state index in [2.05, 4.69) is 0 Å². The van der Waals surface area contributed by atoms with Gasteiger partial charge in [0.25, 0.3) is 11.7 Å². The average Bonchev–Trinajstić information content (AvgIpc) is 3.27. The minimum atomic E-state index is -2.43. The van der Waals surface area contributed by atoms with Crippen LogP contribution in [0.4, 0.5) is 0 Å². The number of ketones is 3. The van der Waals surface area contributed by atoms with Crippen LogP contribution in [-0.2, 0) is 47.7 Å². The van der Waals surface area contributed by atoms with Gasteiger partial charge in [0.15, 0.2) is 5.78 Å². The highest BCUT2D eigenvalue weighted by molar-refractivity contribution is 6.39. The fourth-order valence-electron chi connectivity index (χ4n) is 10.1. The number of aliphatic hydroxyl groups is 3. The van der Waals surface area contributed by atoms with Gasteiger partial charge in [0.1, 0.15) is 30.1 Å². The summed E-state index contributed by atoms with van der Waals surface area (Å²) >= 11 is 0. The van der Waals surface area contributed by atoms with Gasteiger partial charge in [-0.05, 0) is 101 Å². The van der Waals surface area contributed by atoms with E-state index >= 15 is 0 Å². The third-order valence-corrected chi connectivity index (χ3v) is 14.4. The molecule has 0 radical (unpaired) electrons. The van der Waals surface area contributed by atoms with Gasteiger partial charge < -0.3 is 43.9 Å². The van der Waals surface area contributed by atoms with Crippen LogP contribution in [0.1, 0.15) is 126 Å². The molecular formula is C51H79NO13. The topological polar surface area (TPSA) is 195 Å². The third-order valence-electron chi connectivity index (χ3n) is 14.4. The largest absolute Gasteiger partial charge is 0.460 e. The summed E-state index contributed by atoms with van der Waals surface area (Å²) in [6.45, 7) is 13.0. The number of amides is 1. The van der Waals surface area contributed by atoms with Crippen LogP contribution in [0.2, 0.25) is 0 Å². The molecule has 0 aromatic rings. The smallest absolute Gasteiger partial charge is 0.329 e. The normalized spacial score (nSPS) is 40.4. The van der Waals surface area contributed by atoms with Gasteiger partial charge in [-0.1, -0.05) is 76.6 Å². The molecule has 65 heavy (non-hydrogen) atoms. The van der Waals surface area contributed by atoms with Crippen molar-refractivity contribution in [3.05, 3.63) is 47.6 Å². The van der Waals surface area contributed by atoms with E-state index < -0.39 is 83.9 Å². The van der Waals surface area contributed by atoms with E-state index in [-0.39, 0.29) is 54.8 Å². The molecule has 0 aromatic carbocycles. The van der Waals surface area contributed by atoms with Gasteiger partial charge in [0, 0.05) is 58.5 Å². The zero-order valence-corrected chi connectivity index (χ0v) is 40.6. The summed E-state index contributed by atoms with van der Waals surface area (Å²) in [4.78, 5) is 71.5. The van der Waals surface area contributed by atoms with Crippen LogP contribution in [0.5, 0.6) is 0 Å². The molecule has 1 amide bonds. The Labute approximate surface area is 387 Å². The first kappa shape index (κ1) is 54.2. The van der Waals surface area contributed by atoms with Gasteiger partial charge in [-0.3, -0.25) is 19.2 Å². The van der Waals surface area contributed by atoms with Gasteiger partial charge in [-0.15, -0.1) is 0 Å². The van der Waals surface area contributed by atoms with E-state index in [0.717, 1.165) is 17.6 Å². The van der Waals surface area contributed by atoms with E-state index in [0.29, 0.717) is 57.8 Å². The van der Waals surface area contributed by atoms with Crippen molar-refractivity contribution in [1.82, 2.24) is 4.90 Å². The quantitative estimate of drug-likeness (QED) is 0.156. The van der Waals surface area contributed by atoms with Gasteiger partial charge in [-0.2, -0.15) is 0 Å². The molecule has 0 spiro atoms. The van der Waals surface area contributed by atoms with Crippen LogP contribution >= 0.6 is 0 Å². The molecule has 3 heterocycles. The zero-order chi connectivity index (χ0) is 48.2. The van der Waals surface area contributed by atoms with Gasteiger partial charge in [0.2, 0.25) is 5.79 Å². The summed E-state index contributed by atoms with van der Waals surface area (Å²) in [5, 5.41) is 33.6. The molecular weight excluding hydrogens is 835 g/mol. The van der Waals surface area contributed by atoms with E-state index in [1.807, 2.05) is 58.9 Å². The summed E-state index contributed by atoms with van der Waals surface area (Å²) in [6, 6.07) is -1.14. The number of methoxy groups -OCH3 is 3. The van der Waals surface area contributed by atoms with Crippen LogP contribution in [0.25, 0.3) is 0 Å². The van der Waals surface area contributed by atoms with Crippen LogP contribution in [0, 0.1) is 35.5 Å². The zero-order valence-electron chi connectivity index (χ0n) is 40.6. The molecule has 0 aromatic heterocycles. The van der Waals surface area contributed by atoms with Gasteiger partial charge >= 0.3 is 5.97 Å². The van der Waals surface area contributed by atoms with Crippen molar-refractivity contribution in [1.29, 1.82) is 0 Å². The Kier molecular flexibility index (Phi) is 21.0. The Balaban J connectivity index is 1.69. The van der Waals surface area contributed by atoms with Crippen LogP contribution in [0.15, 0.2) is 47.6 Å². The number of Topliss-reactive ketones (excluding diaryl/α,β-unsaturated/α-hetero) is 3. The van der Waals surface area contributed by atoms with Crippen LogP contribution in [-0.4, -0.2) is 132 Å². The number of ether oxygens (including phenoxy) is 5. The number of cyclic esters (lactones) is 1. The van der Waals surface area contributed by atoms with Crippen molar-refractivity contribution in [2.24, 2.45) is 35.5 Å². The molecule has 366 valence electrons. The van der Waals surface area contributed by atoms with Crippen molar-refractivity contribution < 1.29 is 63.0 Å². The van der Waals surface area contributed by atoms with Crippen LogP contribution in [0.3, 0.4) is 0 Å². The maximum absolute atomic E-state index is 14.3. The Morgan fingerprint density at radius 2 is 1.58 bits per heavy atom. The molecule has 3 N–H and O–H groups in total. The van der Waals surface area contributed by atoms with E-state index in [1.165, 1.54) is 24.2 Å². The molecule has 4 aliphatic rings. The number of rotatable bonds is 6. The lowest BCUT2D eigenvalue weighted by Gasteiger charge is -2.42. The number of carbonyl (C=O) groups is 5. The number of carbonyl (C=O) groups excluding carboxylic acids is 5. The summed E-state index contributed by atoms with van der Waals surface area (Å²) in [5.74, 6) is -7.97. The number of nitrogens with zero attached hydrogens (tertiary/aromatic N) is 1. The SMILES string of the molecule is COC1CC2CCC(C)C(O)(O2)C(=O)C(=O)N2CCCCC2C(=O)OC(C(C)CC2CCC(O)C(OC)C2)CC(=O)C(C)/C=C/C(O)C(OC)C(=O)C(C)CC(C)/C=C/C=C(C)/C=C/1C. The summed E-state index contributed by atoms with van der Waals surface area (Å²) in [6.07, 6.45) is 10.8. The maximum atomic E-state index is 14.3. The monoisotopic (exact) mass is 914 g/mol. The number of hydrogen-bond acceptors (Lipinski definition) is 13. The first-order valence-electron chi connectivity index (χ1n) is 23.9. The standard InChI is InChI=1S/C51H79NO13/c1-30-14-13-15-31(2)25-35(6)46(56)47(63-10)41(54)21-17-32(3)42(55)29-44(34(5)26-37-19-22-40(53)45(27-37)62-9)64-50(59)39-16-11-12-23-52(39)49(58)48(57)51(60)36(7)18-20-38(65-51)28-43(61-8)33(4)24-30/h13-15,17,21,24,31-32,34-41,43-45,47,53-54,60H,11-12,16,18-20,22-23,25-29H2,1-10H3/b15-13+,21-17+,30-14+,33-24+. The van der Waals surface area contributed by atoms with E-state index in [1.54, 1.807) is 28.1 Å². The molecule has 2 saturated heterocycles. The number of fused-ring (bicyclic) bond motifs is 3. The summed E-state index contributed by atoms with van der Waals surface area (Å²) < 4.78 is 29.3. The summed E-state index contributed by atoms with van der Waals surface area (Å²) in [5.41, 5.74) is 1.84. The predicted octanol–water partition coefficient (Wildman–Crippen LogP) is 6.18. The van der Waals surface area contributed by atoms with Crippen molar-refractivity contribution in [3.8, 4) is 0 Å². The molecule has 3 fully saturated rings. The molecule has 1 aliphatic carbocycles. The highest BCUT2D eigenvalue weighted by atomic mass is 16.6. The first-order valence-corrected chi connectivity index (χ1v) is 23.9. The fourth-order valence-corrected chi connectivity index (χ4v) is 10.1. The number of piperidine rings is 1. The minimum Gasteiger partial charge on any atom is -0.460 e. The second kappa shape index (κ2) is 25.1. The molecule has 14 heteroatoms. The Morgan fingerprint density at radius 1 is 0.862 bits per heavy atom. The molecule has 1 saturated carbocycles. The fraction of sp³-hybridized carbons (Fsp3) is 0.745. The number of esters is 1. The first-order chi connectivity index (χ1) is 30.7. The third kappa shape index (κ3) is 14.6. The van der Waals surface area contributed by atoms with Crippen molar-refractivity contribution in [3.63, 3.8) is 0 Å². The predicted molar refractivity (Wildman–Crippen MR) is 245 cm³/mol. The highest BCUT2D eigenvalue weighted by Gasteiger charge is 2.53. The average molecular weight is 914 g/mol. The second-order valence-corrected chi connectivity index (χ2v) is 19.6. The molecule has 15 atom stereocenters. The van der Waals surface area contributed by atoms with Crippen molar-refractivity contribution in [2.75, 3.05) is 27.9 Å². The Bertz CT molecular complexity index is 1760. The van der Waals surface area contributed by atoms with Gasteiger partial charge in [-0.25, -0.2) is 4.79 Å². The Morgan fingerprint density at radius 3 is 2.26 bits per heavy atom. The maximum Gasteiger partial charge on any atom is 0.329 e. The number of aliphatic hydroxyl groups excluding tert-OH is 2. The molecule has 3 aliphatic heterocycles. The van der Waals surface area contributed by atoms with E-state index in [4.69, 9.17) is 23.7 Å². The number of hydrogen-bond donors (Lipinski definition) is 3. The number of allylic oxidation sites excluding steroid dienone is 6. The van der Waals surface area contributed by atoms with Crippen molar-refractivity contribution in [2.45, 2.75) is 180 Å². The lowest BCUT2D eigenvalue weighted by atomic mass is 9.78. The summed E-state index contributed by atoms with van der Waals surface area (Å²) in [7, 11) is 4.52. The lowest BCUT2D eigenvalue weighted by molar-refractivity contribution is -0.265. The second-order valence-electron chi connectivity index (χ2n) is 19.6. The molecule has 4 rings (SSSR count). The Hall–Kier alpha value is -3.37. The molecule has 2 bridgehead atoms. The van der Waals surface area contributed by atoms with Crippen LogP contribution < -0.4 is 0 Å². The van der Waals surface area contributed by atoms with Gasteiger partial charge in [0.05, 0.1) is 24.4 Å². The molecule has 14 nitrogen and oxygen atoms in total. The minimum absolute atomic E-state index is 0.0177. The van der Waals surface area contributed by atoms with E-state index in [9.17, 15) is 39.3 Å². The molecule has 15 unspecified atom stereocenters. The lowest BCUT2D eigenvalue weighted by Crippen LogP contribution is -2.61. The van der Waals surface area contributed by atoms with Crippen molar-refractivity contribution >= 4 is 29.2 Å². The highest BCUT2D eigenvalue weighted by Crippen LogP contribution is 2.38.